The second-order valence-electron chi connectivity index (χ2n) is 12.6. The lowest BCUT2D eigenvalue weighted by Crippen LogP contribution is -2.47. The van der Waals surface area contributed by atoms with Gasteiger partial charge in [-0.3, -0.25) is 9.78 Å². The zero-order valence-electron chi connectivity index (χ0n) is 25.3. The van der Waals surface area contributed by atoms with Gasteiger partial charge in [0.25, 0.3) is 5.92 Å². The lowest BCUT2D eigenvalue weighted by atomic mass is 9.93. The number of fused-ring (bicyclic) bond motifs is 1. The monoisotopic (exact) mass is 605 g/mol. The van der Waals surface area contributed by atoms with Gasteiger partial charge in [0.2, 0.25) is 5.91 Å². The molecule has 4 heterocycles. The number of amides is 1. The van der Waals surface area contributed by atoms with Gasteiger partial charge in [0.1, 0.15) is 0 Å². The molecular formula is C34H41F2N5OS. The van der Waals surface area contributed by atoms with Gasteiger partial charge in [0.05, 0.1) is 26.8 Å². The Labute approximate surface area is 256 Å². The zero-order chi connectivity index (χ0) is 30.2. The number of piperidine rings is 1. The van der Waals surface area contributed by atoms with Crippen LogP contribution in [0.3, 0.4) is 0 Å². The smallest absolute Gasteiger partial charge is 0.250 e. The van der Waals surface area contributed by atoms with Crippen LogP contribution in [0.5, 0.6) is 0 Å². The highest BCUT2D eigenvalue weighted by molar-refractivity contribution is 7.16. The Hall–Kier alpha value is -3.17. The molecule has 0 radical (unpaired) electrons. The summed E-state index contributed by atoms with van der Waals surface area (Å²) in [6.45, 7) is 9.18. The molecule has 228 valence electrons. The molecule has 1 unspecified atom stereocenters. The minimum absolute atomic E-state index is 0.104. The highest BCUT2D eigenvalue weighted by atomic mass is 32.1. The number of alkyl halides is 2. The second-order valence-corrected chi connectivity index (χ2v) is 13.5. The van der Waals surface area contributed by atoms with Crippen molar-refractivity contribution in [1.29, 1.82) is 0 Å². The Morgan fingerprint density at radius 2 is 1.93 bits per heavy atom. The molecule has 2 aromatic heterocycles. The number of carbonyl (C=O) groups is 1. The molecule has 1 saturated heterocycles. The molecule has 1 aromatic carbocycles. The topological polar surface area (TPSA) is 61.4 Å². The van der Waals surface area contributed by atoms with Gasteiger partial charge >= 0.3 is 0 Å². The standard InChI is InChI=1S/C34H41F2N5OS/c1-4-23(2)31-27(28(7-14-37-31)39-26-5-6-29-30(20-26)43-22-38-29)19-24(3)25-8-15-41(16-9-25)32(42)33(10-11-33)21-40-17-12-34(35,36)13-18-40/h5-8,14,19-20,22-23H,4,9-13,15-18,21H2,1-3H3,(H,37,39)/b24-19+. The molecule has 1 amide bonds. The van der Waals surface area contributed by atoms with Crippen molar-refractivity contribution in [2.75, 3.05) is 38.0 Å². The lowest BCUT2D eigenvalue weighted by molar-refractivity contribution is -0.138. The molecular weight excluding hydrogens is 564 g/mol. The van der Waals surface area contributed by atoms with Gasteiger partial charge < -0.3 is 15.1 Å². The van der Waals surface area contributed by atoms with E-state index in [2.05, 4.69) is 60.3 Å². The number of hydrogen-bond donors (Lipinski definition) is 1. The van der Waals surface area contributed by atoms with Crippen molar-refractivity contribution < 1.29 is 13.6 Å². The summed E-state index contributed by atoms with van der Waals surface area (Å²) in [5.41, 5.74) is 9.14. The SMILES string of the molecule is CCC(C)c1nccc(Nc2ccc3ncsc3c2)c1/C=C(\C)C1=CCN(C(=O)C2(CN3CCC(F)(F)CC3)CC2)CC1. The van der Waals surface area contributed by atoms with Crippen LogP contribution in [0.15, 0.2) is 53.2 Å². The Kier molecular flexibility index (Phi) is 8.39. The number of allylic oxidation sites excluding steroid dienone is 1. The van der Waals surface area contributed by atoms with E-state index in [0.717, 1.165) is 58.5 Å². The predicted octanol–water partition coefficient (Wildman–Crippen LogP) is 8.02. The van der Waals surface area contributed by atoms with Gasteiger partial charge in [-0.15, -0.1) is 11.3 Å². The number of carbonyl (C=O) groups excluding carboxylic acids is 1. The number of nitrogens with zero attached hydrogens (tertiary/aromatic N) is 4. The van der Waals surface area contributed by atoms with Crippen molar-refractivity contribution in [2.45, 2.75) is 71.1 Å². The molecule has 9 heteroatoms. The fourth-order valence-electron chi connectivity index (χ4n) is 6.34. The van der Waals surface area contributed by atoms with Crippen molar-refractivity contribution in [3.8, 4) is 0 Å². The fraction of sp³-hybridized carbons (Fsp3) is 0.500. The summed E-state index contributed by atoms with van der Waals surface area (Å²) in [4.78, 5) is 26.8. The van der Waals surface area contributed by atoms with Crippen LogP contribution in [0, 0.1) is 5.41 Å². The van der Waals surface area contributed by atoms with E-state index in [4.69, 9.17) is 4.98 Å². The van der Waals surface area contributed by atoms with Gasteiger partial charge in [0.15, 0.2) is 0 Å². The summed E-state index contributed by atoms with van der Waals surface area (Å²) in [6.07, 6.45) is 9.61. The summed E-state index contributed by atoms with van der Waals surface area (Å²) in [5, 5.41) is 3.64. The molecule has 1 atom stereocenters. The molecule has 3 aromatic rings. The Balaban J connectivity index is 1.18. The summed E-state index contributed by atoms with van der Waals surface area (Å²) in [7, 11) is 0. The van der Waals surface area contributed by atoms with Gasteiger partial charge in [-0.2, -0.15) is 0 Å². The van der Waals surface area contributed by atoms with E-state index in [1.54, 1.807) is 11.3 Å². The fourth-order valence-corrected chi connectivity index (χ4v) is 7.05. The van der Waals surface area contributed by atoms with Crippen molar-refractivity contribution in [3.05, 3.63) is 64.5 Å². The molecule has 6 rings (SSSR count). The largest absolute Gasteiger partial charge is 0.355 e. The molecule has 1 saturated carbocycles. The first-order chi connectivity index (χ1) is 20.7. The Morgan fingerprint density at radius 3 is 2.63 bits per heavy atom. The minimum Gasteiger partial charge on any atom is -0.355 e. The third-order valence-electron chi connectivity index (χ3n) is 9.50. The molecule has 2 aliphatic heterocycles. The number of halogens is 2. The van der Waals surface area contributed by atoms with E-state index >= 15 is 0 Å². The zero-order valence-corrected chi connectivity index (χ0v) is 26.2. The van der Waals surface area contributed by atoms with Crippen molar-refractivity contribution in [3.63, 3.8) is 0 Å². The van der Waals surface area contributed by atoms with Crippen LogP contribution in [0.4, 0.5) is 20.2 Å². The molecule has 1 N–H and O–H groups in total. The molecule has 43 heavy (non-hydrogen) atoms. The summed E-state index contributed by atoms with van der Waals surface area (Å²) in [5.74, 6) is -2.06. The van der Waals surface area contributed by atoms with E-state index in [0.29, 0.717) is 38.6 Å². The average molecular weight is 606 g/mol. The maximum atomic E-state index is 13.6. The van der Waals surface area contributed by atoms with Gasteiger partial charge in [0, 0.05) is 68.7 Å². The predicted molar refractivity (Wildman–Crippen MR) is 171 cm³/mol. The Morgan fingerprint density at radius 1 is 1.14 bits per heavy atom. The summed E-state index contributed by atoms with van der Waals surface area (Å²) >= 11 is 1.63. The molecule has 1 aliphatic carbocycles. The van der Waals surface area contributed by atoms with E-state index in [1.165, 1.54) is 11.1 Å². The highest BCUT2D eigenvalue weighted by Crippen LogP contribution is 2.49. The highest BCUT2D eigenvalue weighted by Gasteiger charge is 2.53. The number of likely N-dealkylation sites (tertiary alicyclic amines) is 1. The first-order valence-corrected chi connectivity index (χ1v) is 16.4. The van der Waals surface area contributed by atoms with Crippen LogP contribution in [0.2, 0.25) is 0 Å². The van der Waals surface area contributed by atoms with Crippen LogP contribution in [-0.2, 0) is 4.79 Å². The quantitative estimate of drug-likeness (QED) is 0.268. The number of thiazole rings is 1. The second kappa shape index (κ2) is 12.1. The average Bonchev–Trinajstić information content (AvgIpc) is 3.64. The number of aromatic nitrogens is 2. The molecule has 0 bridgehead atoms. The number of nitrogens with one attached hydrogen (secondary N) is 1. The molecule has 2 fully saturated rings. The van der Waals surface area contributed by atoms with Crippen LogP contribution in [0.1, 0.15) is 76.5 Å². The molecule has 0 spiro atoms. The third-order valence-corrected chi connectivity index (χ3v) is 10.3. The van der Waals surface area contributed by atoms with Gasteiger partial charge in [-0.05, 0) is 80.0 Å². The van der Waals surface area contributed by atoms with Crippen molar-refractivity contribution in [1.82, 2.24) is 19.8 Å². The summed E-state index contributed by atoms with van der Waals surface area (Å²) < 4.78 is 28.4. The molecule has 3 aliphatic rings. The van der Waals surface area contributed by atoms with E-state index < -0.39 is 5.92 Å². The van der Waals surface area contributed by atoms with E-state index in [9.17, 15) is 13.6 Å². The first kappa shape index (κ1) is 29.9. The van der Waals surface area contributed by atoms with Gasteiger partial charge in [-0.1, -0.05) is 19.9 Å². The van der Waals surface area contributed by atoms with Crippen LogP contribution in [-0.4, -0.2) is 64.3 Å². The Bertz CT molecular complexity index is 1550. The third kappa shape index (κ3) is 6.53. The minimum atomic E-state index is -2.56. The number of hydrogen-bond acceptors (Lipinski definition) is 6. The number of rotatable bonds is 9. The van der Waals surface area contributed by atoms with Crippen LogP contribution < -0.4 is 5.32 Å². The number of benzene rings is 1. The van der Waals surface area contributed by atoms with Gasteiger partial charge in [-0.25, -0.2) is 13.8 Å². The lowest BCUT2D eigenvalue weighted by Gasteiger charge is -2.36. The number of anilines is 2. The maximum absolute atomic E-state index is 13.6. The summed E-state index contributed by atoms with van der Waals surface area (Å²) in [6, 6.07) is 8.28. The number of pyridine rings is 1. The van der Waals surface area contributed by atoms with Crippen LogP contribution >= 0.6 is 11.3 Å². The van der Waals surface area contributed by atoms with Crippen LogP contribution in [0.25, 0.3) is 16.3 Å². The maximum Gasteiger partial charge on any atom is 0.250 e. The van der Waals surface area contributed by atoms with Crippen molar-refractivity contribution in [2.24, 2.45) is 5.41 Å². The molecule has 6 nitrogen and oxygen atoms in total. The van der Waals surface area contributed by atoms with Crippen molar-refractivity contribution >= 4 is 44.9 Å². The van der Waals surface area contributed by atoms with E-state index in [1.807, 2.05) is 28.7 Å². The van der Waals surface area contributed by atoms with E-state index in [-0.39, 0.29) is 24.2 Å². The normalized spacial score (nSPS) is 21.0. The first-order valence-electron chi connectivity index (χ1n) is 15.5.